The van der Waals surface area contributed by atoms with Gasteiger partial charge in [-0.05, 0) is 78.6 Å². The summed E-state index contributed by atoms with van der Waals surface area (Å²) >= 11 is 2.22. The molecule has 0 radical (unpaired) electrons. The number of benzene rings is 2. The number of hydrogen-bond acceptors (Lipinski definition) is 4. The number of aryl methyl sites for hydroxylation is 3. The van der Waals surface area contributed by atoms with Crippen molar-refractivity contribution in [2.45, 2.75) is 32.1 Å². The molecule has 0 unspecified atom stereocenters. The van der Waals surface area contributed by atoms with Crippen LogP contribution in [0.4, 0.5) is 0 Å². The molecule has 1 N–H and O–H groups in total. The van der Waals surface area contributed by atoms with E-state index in [1.54, 1.807) is 14.2 Å². The van der Waals surface area contributed by atoms with E-state index in [0.717, 1.165) is 25.8 Å². The second-order valence-electron chi connectivity index (χ2n) is 6.17. The highest BCUT2D eigenvalue weighted by Crippen LogP contribution is 2.31. The zero-order chi connectivity index (χ0) is 19.5. The molecule has 5 nitrogen and oxygen atoms in total. The first kappa shape index (κ1) is 21.0. The first-order valence-electron chi connectivity index (χ1n) is 8.17. The Balaban J connectivity index is 2.17. The van der Waals surface area contributed by atoms with Crippen LogP contribution in [0.25, 0.3) is 0 Å². The average molecular weight is 489 g/mol. The Morgan fingerprint density at radius 2 is 1.50 bits per heavy atom. The van der Waals surface area contributed by atoms with E-state index >= 15 is 0 Å². The molecule has 142 valence electrons. The summed E-state index contributed by atoms with van der Waals surface area (Å²) in [7, 11) is -0.384. The van der Waals surface area contributed by atoms with Crippen LogP contribution in [0, 0.1) is 24.3 Å². The normalized spacial score (nSPS) is 11.5. The summed E-state index contributed by atoms with van der Waals surface area (Å²) < 4.78 is 39.8. The van der Waals surface area contributed by atoms with Gasteiger partial charge in [-0.25, -0.2) is 13.1 Å². The van der Waals surface area contributed by atoms with Crippen LogP contribution in [0.2, 0.25) is 0 Å². The first-order chi connectivity index (χ1) is 12.2. The molecule has 26 heavy (non-hydrogen) atoms. The molecule has 0 heterocycles. The van der Waals surface area contributed by atoms with Crippen molar-refractivity contribution in [3.63, 3.8) is 0 Å². The Morgan fingerprint density at radius 1 is 0.962 bits per heavy atom. The molecule has 0 aliphatic rings. The minimum Gasteiger partial charge on any atom is -0.493 e. The molecular weight excluding hydrogens is 465 g/mol. The SMILES string of the molecule is COc1cc(I)c(CCNS(=O)(=O)c2c(C)cc(C)cc2C)cc1OC. The molecule has 0 amide bonds. The van der Waals surface area contributed by atoms with E-state index in [0.29, 0.717) is 29.4 Å². The van der Waals surface area contributed by atoms with Crippen molar-refractivity contribution in [3.05, 3.63) is 50.1 Å². The molecule has 0 spiro atoms. The lowest BCUT2D eigenvalue weighted by Gasteiger charge is -2.14. The van der Waals surface area contributed by atoms with Gasteiger partial charge in [0.2, 0.25) is 10.0 Å². The lowest BCUT2D eigenvalue weighted by molar-refractivity contribution is 0.354. The monoisotopic (exact) mass is 489 g/mol. The van der Waals surface area contributed by atoms with E-state index in [2.05, 4.69) is 27.3 Å². The van der Waals surface area contributed by atoms with Crippen LogP contribution in [0.3, 0.4) is 0 Å². The third kappa shape index (κ3) is 4.69. The molecule has 0 saturated carbocycles. The molecule has 2 aromatic rings. The van der Waals surface area contributed by atoms with Crippen LogP contribution in [-0.2, 0) is 16.4 Å². The van der Waals surface area contributed by atoms with Gasteiger partial charge in [-0.1, -0.05) is 17.7 Å². The summed E-state index contributed by atoms with van der Waals surface area (Å²) in [6, 6.07) is 7.55. The Labute approximate surface area is 169 Å². The molecule has 0 atom stereocenters. The van der Waals surface area contributed by atoms with Crippen LogP contribution < -0.4 is 14.2 Å². The molecular formula is C19H24INO4S. The molecule has 2 rings (SSSR count). The first-order valence-corrected chi connectivity index (χ1v) is 10.7. The Hall–Kier alpha value is -1.32. The van der Waals surface area contributed by atoms with Crippen molar-refractivity contribution in [2.75, 3.05) is 20.8 Å². The van der Waals surface area contributed by atoms with E-state index in [9.17, 15) is 8.42 Å². The topological polar surface area (TPSA) is 64.6 Å². The standard InChI is InChI=1S/C19H24INO4S/c1-12-8-13(2)19(14(3)9-12)26(22,23)21-7-6-15-10-17(24-4)18(25-5)11-16(15)20/h8-11,21H,6-7H2,1-5H3. The average Bonchev–Trinajstić information content (AvgIpc) is 2.54. The van der Waals surface area contributed by atoms with Gasteiger partial charge in [-0.2, -0.15) is 0 Å². The minimum atomic E-state index is -3.56. The van der Waals surface area contributed by atoms with Gasteiger partial charge < -0.3 is 9.47 Å². The molecule has 0 fully saturated rings. The van der Waals surface area contributed by atoms with Crippen molar-refractivity contribution < 1.29 is 17.9 Å². The summed E-state index contributed by atoms with van der Waals surface area (Å²) in [4.78, 5) is 0.366. The van der Waals surface area contributed by atoms with Gasteiger partial charge in [0.05, 0.1) is 19.1 Å². The lowest BCUT2D eigenvalue weighted by atomic mass is 10.1. The van der Waals surface area contributed by atoms with Crippen molar-refractivity contribution in [3.8, 4) is 11.5 Å². The third-order valence-corrected chi connectivity index (χ3v) is 6.88. The van der Waals surface area contributed by atoms with Crippen LogP contribution in [-0.4, -0.2) is 29.2 Å². The zero-order valence-corrected chi connectivity index (χ0v) is 18.6. The smallest absolute Gasteiger partial charge is 0.241 e. The number of rotatable bonds is 7. The molecule has 7 heteroatoms. The van der Waals surface area contributed by atoms with E-state index in [1.807, 2.05) is 45.0 Å². The van der Waals surface area contributed by atoms with Gasteiger partial charge >= 0.3 is 0 Å². The highest BCUT2D eigenvalue weighted by Gasteiger charge is 2.19. The summed E-state index contributed by atoms with van der Waals surface area (Å²) in [5.41, 5.74) is 3.58. The largest absolute Gasteiger partial charge is 0.493 e. The van der Waals surface area contributed by atoms with Gasteiger partial charge in [0.1, 0.15) is 0 Å². The highest BCUT2D eigenvalue weighted by molar-refractivity contribution is 14.1. The van der Waals surface area contributed by atoms with Crippen LogP contribution in [0.5, 0.6) is 11.5 Å². The van der Waals surface area contributed by atoms with E-state index in [1.165, 1.54) is 0 Å². The van der Waals surface area contributed by atoms with Gasteiger partial charge in [-0.15, -0.1) is 0 Å². The quantitative estimate of drug-likeness (QED) is 0.602. The lowest BCUT2D eigenvalue weighted by Crippen LogP contribution is -2.27. The number of methoxy groups -OCH3 is 2. The fourth-order valence-corrected chi connectivity index (χ4v) is 5.26. The Bertz CT molecular complexity index is 887. The summed E-state index contributed by atoms with van der Waals surface area (Å²) in [5.74, 6) is 1.29. The number of nitrogens with one attached hydrogen (secondary N) is 1. The second-order valence-corrected chi connectivity index (χ2v) is 9.04. The Kier molecular flexibility index (Phi) is 6.92. The molecule has 2 aromatic carbocycles. The number of sulfonamides is 1. The molecule has 0 aromatic heterocycles. The fourth-order valence-electron chi connectivity index (χ4n) is 3.07. The predicted octanol–water partition coefficient (Wildman–Crippen LogP) is 3.75. The second kappa shape index (κ2) is 8.58. The molecule has 0 bridgehead atoms. The fraction of sp³-hybridized carbons (Fsp3) is 0.368. The highest BCUT2D eigenvalue weighted by atomic mass is 127. The van der Waals surface area contributed by atoms with Crippen molar-refractivity contribution >= 4 is 32.6 Å². The maximum Gasteiger partial charge on any atom is 0.241 e. The van der Waals surface area contributed by atoms with Crippen molar-refractivity contribution in [2.24, 2.45) is 0 Å². The maximum absolute atomic E-state index is 12.7. The maximum atomic E-state index is 12.7. The van der Waals surface area contributed by atoms with Crippen LogP contribution in [0.1, 0.15) is 22.3 Å². The summed E-state index contributed by atoms with van der Waals surface area (Å²) in [6.45, 7) is 5.92. The van der Waals surface area contributed by atoms with Gasteiger partial charge in [0.15, 0.2) is 11.5 Å². The van der Waals surface area contributed by atoms with E-state index in [-0.39, 0.29) is 0 Å². The predicted molar refractivity (Wildman–Crippen MR) is 112 cm³/mol. The van der Waals surface area contributed by atoms with E-state index in [4.69, 9.17) is 9.47 Å². The van der Waals surface area contributed by atoms with Crippen LogP contribution in [0.15, 0.2) is 29.2 Å². The zero-order valence-electron chi connectivity index (χ0n) is 15.6. The van der Waals surface area contributed by atoms with Gasteiger partial charge in [0.25, 0.3) is 0 Å². The number of halogens is 1. The van der Waals surface area contributed by atoms with Gasteiger partial charge in [0, 0.05) is 10.1 Å². The number of hydrogen-bond donors (Lipinski definition) is 1. The Morgan fingerprint density at radius 3 is 2.04 bits per heavy atom. The molecule has 0 aliphatic carbocycles. The minimum absolute atomic E-state index is 0.306. The van der Waals surface area contributed by atoms with Gasteiger partial charge in [-0.3, -0.25) is 0 Å². The van der Waals surface area contributed by atoms with Crippen LogP contribution >= 0.6 is 22.6 Å². The molecule has 0 aliphatic heterocycles. The third-order valence-electron chi connectivity index (χ3n) is 4.11. The van der Waals surface area contributed by atoms with Crippen molar-refractivity contribution in [1.29, 1.82) is 0 Å². The van der Waals surface area contributed by atoms with Crippen molar-refractivity contribution in [1.82, 2.24) is 4.72 Å². The summed E-state index contributed by atoms with van der Waals surface area (Å²) in [5, 5.41) is 0. The molecule has 0 saturated heterocycles. The van der Waals surface area contributed by atoms with E-state index < -0.39 is 10.0 Å². The summed E-state index contributed by atoms with van der Waals surface area (Å²) in [6.07, 6.45) is 0.557. The number of ether oxygens (including phenoxy) is 2.